The second-order valence-corrected chi connectivity index (χ2v) is 3.10. The van der Waals surface area contributed by atoms with Gasteiger partial charge < -0.3 is 31.3 Å². The van der Waals surface area contributed by atoms with E-state index < -0.39 is 36.6 Å². The molecule has 5 atom stereocenters. The number of aliphatic hydroxyl groups is 5. The van der Waals surface area contributed by atoms with Crippen LogP contribution in [0, 0.1) is 0 Å². The van der Waals surface area contributed by atoms with Crippen molar-refractivity contribution in [3.63, 3.8) is 0 Å². The summed E-state index contributed by atoms with van der Waals surface area (Å²) in [5, 5.41) is 45.4. The Morgan fingerprint density at radius 2 is 1.67 bits per heavy atom. The third kappa shape index (κ3) is 1.05. The lowest BCUT2D eigenvalue weighted by Gasteiger charge is -2.28. The molecule has 0 saturated heterocycles. The normalized spacial score (nSPS) is 54.5. The lowest BCUT2D eigenvalue weighted by Crippen LogP contribution is -2.55. The van der Waals surface area contributed by atoms with Gasteiger partial charge in [0.15, 0.2) is 0 Å². The molecule has 6 heteroatoms. The topological polar surface area (TPSA) is 127 Å². The highest BCUT2D eigenvalue weighted by Gasteiger charge is 2.57. The number of hydrogen-bond acceptors (Lipinski definition) is 6. The molecule has 1 aliphatic carbocycles. The van der Waals surface area contributed by atoms with Crippen LogP contribution in [0.3, 0.4) is 0 Å². The molecule has 1 fully saturated rings. The summed E-state index contributed by atoms with van der Waals surface area (Å²) < 4.78 is 0. The summed E-state index contributed by atoms with van der Waals surface area (Å²) >= 11 is 0. The SMILES string of the molecule is NC1[C@H](O)C(O)C(O)[C@@]1(O)CO. The van der Waals surface area contributed by atoms with Crippen LogP contribution in [0.25, 0.3) is 0 Å². The molecular formula is C6H13NO5. The highest BCUT2D eigenvalue weighted by Crippen LogP contribution is 2.29. The summed E-state index contributed by atoms with van der Waals surface area (Å²) in [4.78, 5) is 0. The van der Waals surface area contributed by atoms with Crippen molar-refractivity contribution in [2.24, 2.45) is 5.73 Å². The Hall–Kier alpha value is -0.240. The molecule has 1 aliphatic rings. The van der Waals surface area contributed by atoms with E-state index in [1.54, 1.807) is 0 Å². The third-order valence-corrected chi connectivity index (χ3v) is 2.38. The number of rotatable bonds is 1. The summed E-state index contributed by atoms with van der Waals surface area (Å²) in [7, 11) is 0. The largest absolute Gasteiger partial charge is 0.393 e. The first-order chi connectivity index (χ1) is 5.45. The van der Waals surface area contributed by atoms with E-state index in [-0.39, 0.29) is 0 Å². The van der Waals surface area contributed by atoms with Crippen molar-refractivity contribution in [1.82, 2.24) is 0 Å². The van der Waals surface area contributed by atoms with Gasteiger partial charge in [0.1, 0.15) is 23.9 Å². The monoisotopic (exact) mass is 179 g/mol. The van der Waals surface area contributed by atoms with Gasteiger partial charge in [-0.25, -0.2) is 0 Å². The predicted molar refractivity (Wildman–Crippen MR) is 38.0 cm³/mol. The molecule has 0 radical (unpaired) electrons. The van der Waals surface area contributed by atoms with Crippen LogP contribution in [-0.2, 0) is 0 Å². The number of hydrogen-bond donors (Lipinski definition) is 6. The molecule has 7 N–H and O–H groups in total. The minimum absolute atomic E-state index is 0.802. The Morgan fingerprint density at radius 1 is 1.17 bits per heavy atom. The minimum atomic E-state index is -2.02. The first-order valence-electron chi connectivity index (χ1n) is 3.58. The van der Waals surface area contributed by atoms with Crippen molar-refractivity contribution in [3.05, 3.63) is 0 Å². The van der Waals surface area contributed by atoms with Crippen LogP contribution in [-0.4, -0.2) is 62.1 Å². The standard InChI is InChI=1S/C6H13NO5/c7-4-2(9)3(10)5(11)6(4,12)1-8/h2-5,8-12H,1,7H2/t2-,3?,4?,5?,6-/m1/s1. The molecular weight excluding hydrogens is 166 g/mol. The molecule has 3 unspecified atom stereocenters. The van der Waals surface area contributed by atoms with Gasteiger partial charge in [0.05, 0.1) is 12.6 Å². The fourth-order valence-corrected chi connectivity index (χ4v) is 1.39. The van der Waals surface area contributed by atoms with Crippen molar-refractivity contribution >= 4 is 0 Å². The Balaban J connectivity index is 2.90. The average Bonchev–Trinajstić information content (AvgIpc) is 2.22. The fourth-order valence-electron chi connectivity index (χ4n) is 1.39. The van der Waals surface area contributed by atoms with Crippen LogP contribution in [0.1, 0.15) is 0 Å². The van der Waals surface area contributed by atoms with Gasteiger partial charge in [0.25, 0.3) is 0 Å². The molecule has 6 nitrogen and oxygen atoms in total. The van der Waals surface area contributed by atoms with E-state index in [1.807, 2.05) is 0 Å². The van der Waals surface area contributed by atoms with E-state index in [0.29, 0.717) is 0 Å². The highest BCUT2D eigenvalue weighted by molar-refractivity contribution is 5.11. The average molecular weight is 179 g/mol. The van der Waals surface area contributed by atoms with Crippen molar-refractivity contribution in [2.75, 3.05) is 6.61 Å². The second-order valence-electron chi connectivity index (χ2n) is 3.10. The van der Waals surface area contributed by atoms with Crippen LogP contribution >= 0.6 is 0 Å². The Kier molecular flexibility index (Phi) is 2.39. The molecule has 0 aromatic carbocycles. The first kappa shape index (κ1) is 9.85. The molecule has 12 heavy (non-hydrogen) atoms. The first-order valence-corrected chi connectivity index (χ1v) is 3.58. The molecule has 0 heterocycles. The number of aliphatic hydroxyl groups excluding tert-OH is 4. The minimum Gasteiger partial charge on any atom is -0.393 e. The molecule has 0 spiro atoms. The van der Waals surface area contributed by atoms with E-state index in [1.165, 1.54) is 0 Å². The van der Waals surface area contributed by atoms with Crippen LogP contribution in [0.5, 0.6) is 0 Å². The highest BCUT2D eigenvalue weighted by atomic mass is 16.4. The smallest absolute Gasteiger partial charge is 0.134 e. The van der Waals surface area contributed by atoms with Gasteiger partial charge in [-0.05, 0) is 0 Å². The molecule has 1 saturated carbocycles. The maximum absolute atomic E-state index is 9.43. The van der Waals surface area contributed by atoms with Gasteiger partial charge in [0.2, 0.25) is 0 Å². The van der Waals surface area contributed by atoms with Crippen molar-refractivity contribution < 1.29 is 25.5 Å². The Morgan fingerprint density at radius 3 is 1.83 bits per heavy atom. The van der Waals surface area contributed by atoms with Crippen LogP contribution < -0.4 is 5.73 Å². The van der Waals surface area contributed by atoms with Gasteiger partial charge in [-0.2, -0.15) is 0 Å². The van der Waals surface area contributed by atoms with E-state index in [9.17, 15) is 5.11 Å². The van der Waals surface area contributed by atoms with Gasteiger partial charge in [-0.1, -0.05) is 0 Å². The summed E-state index contributed by atoms with van der Waals surface area (Å²) in [6.45, 7) is -0.802. The zero-order valence-electron chi connectivity index (χ0n) is 6.33. The lowest BCUT2D eigenvalue weighted by atomic mass is 9.97. The van der Waals surface area contributed by atoms with Gasteiger partial charge >= 0.3 is 0 Å². The summed E-state index contributed by atoms with van der Waals surface area (Å²) in [5.41, 5.74) is 3.25. The van der Waals surface area contributed by atoms with Crippen LogP contribution in [0.2, 0.25) is 0 Å². The predicted octanol–water partition coefficient (Wildman–Crippen LogP) is -3.87. The Bertz CT molecular complexity index is 161. The zero-order valence-corrected chi connectivity index (χ0v) is 6.33. The molecule has 72 valence electrons. The van der Waals surface area contributed by atoms with Crippen molar-refractivity contribution in [1.29, 1.82) is 0 Å². The quantitative estimate of drug-likeness (QED) is 0.244. The molecule has 0 bridgehead atoms. The summed E-state index contributed by atoms with van der Waals surface area (Å²) in [6.07, 6.45) is -4.55. The van der Waals surface area contributed by atoms with E-state index in [2.05, 4.69) is 0 Å². The fraction of sp³-hybridized carbons (Fsp3) is 1.00. The van der Waals surface area contributed by atoms with Crippen LogP contribution in [0.15, 0.2) is 0 Å². The maximum Gasteiger partial charge on any atom is 0.134 e. The van der Waals surface area contributed by atoms with Crippen molar-refractivity contribution in [3.8, 4) is 0 Å². The molecule has 1 rings (SSSR count). The van der Waals surface area contributed by atoms with E-state index in [4.69, 9.17) is 26.2 Å². The summed E-state index contributed by atoms with van der Waals surface area (Å²) in [5.74, 6) is 0. The molecule has 0 amide bonds. The molecule has 0 aromatic rings. The molecule has 0 aliphatic heterocycles. The summed E-state index contributed by atoms with van der Waals surface area (Å²) in [6, 6.07) is -1.24. The van der Waals surface area contributed by atoms with Gasteiger partial charge in [0, 0.05) is 0 Å². The maximum atomic E-state index is 9.43. The van der Waals surface area contributed by atoms with Gasteiger partial charge in [-0.15, -0.1) is 0 Å². The van der Waals surface area contributed by atoms with Crippen LogP contribution in [0.4, 0.5) is 0 Å². The lowest BCUT2D eigenvalue weighted by molar-refractivity contribution is -0.116. The molecule has 0 aromatic heterocycles. The van der Waals surface area contributed by atoms with Crippen molar-refractivity contribution in [2.45, 2.75) is 30.0 Å². The third-order valence-electron chi connectivity index (χ3n) is 2.38. The second kappa shape index (κ2) is 2.91. The zero-order chi connectivity index (χ0) is 9.52. The van der Waals surface area contributed by atoms with Gasteiger partial charge in [-0.3, -0.25) is 0 Å². The van der Waals surface area contributed by atoms with E-state index >= 15 is 0 Å². The van der Waals surface area contributed by atoms with E-state index in [0.717, 1.165) is 0 Å². The Labute approximate surface area is 68.9 Å². The number of nitrogens with two attached hydrogens (primary N) is 1.